The Balaban J connectivity index is 1.18. The van der Waals surface area contributed by atoms with E-state index in [0.717, 1.165) is 23.4 Å². The number of benzene rings is 2. The maximum Gasteiger partial charge on any atom is 0.257 e. The molecule has 1 aromatic heterocycles. The number of carbonyl (C=O) groups is 2. The normalized spacial score (nSPS) is 17.4. The zero-order chi connectivity index (χ0) is 22.4. The van der Waals surface area contributed by atoms with Crippen LogP contribution in [0.25, 0.3) is 0 Å². The van der Waals surface area contributed by atoms with Gasteiger partial charge in [-0.1, -0.05) is 0 Å². The van der Waals surface area contributed by atoms with Gasteiger partial charge >= 0.3 is 0 Å². The Labute approximate surface area is 192 Å². The van der Waals surface area contributed by atoms with Gasteiger partial charge in [0.05, 0.1) is 11.6 Å². The van der Waals surface area contributed by atoms with Crippen LogP contribution in [0.2, 0.25) is 0 Å². The highest BCUT2D eigenvalue weighted by Crippen LogP contribution is 2.39. The van der Waals surface area contributed by atoms with Crippen molar-refractivity contribution < 1.29 is 28.5 Å². The molecule has 0 spiro atoms. The van der Waals surface area contributed by atoms with Crippen LogP contribution >= 0.6 is 11.3 Å². The Kier molecular flexibility index (Phi) is 4.79. The molecule has 2 aliphatic heterocycles. The van der Waals surface area contributed by atoms with E-state index >= 15 is 0 Å². The molecule has 3 heterocycles. The number of thiazole rings is 1. The maximum atomic E-state index is 13.1. The molecule has 2 amide bonds. The number of carbonyl (C=O) groups excluding carboxylic acids is 2. The predicted molar refractivity (Wildman–Crippen MR) is 120 cm³/mol. The minimum Gasteiger partial charge on any atom is -0.454 e. The third-order valence-electron chi connectivity index (χ3n) is 5.77. The molecule has 168 valence electrons. The van der Waals surface area contributed by atoms with Gasteiger partial charge in [0, 0.05) is 22.2 Å². The molecule has 0 radical (unpaired) electrons. The Morgan fingerprint density at radius 3 is 2.45 bits per heavy atom. The summed E-state index contributed by atoms with van der Waals surface area (Å²) in [5.74, 6) is 1.63. The maximum absolute atomic E-state index is 13.1. The molecule has 3 aromatic rings. The summed E-state index contributed by atoms with van der Waals surface area (Å²) < 4.78 is 21.3. The fraction of sp³-hybridized carbons (Fsp3) is 0.261. The number of aromatic nitrogens is 1. The number of rotatable bonds is 4. The van der Waals surface area contributed by atoms with Crippen LogP contribution < -0.4 is 29.6 Å². The summed E-state index contributed by atoms with van der Waals surface area (Å²) in [7, 11) is 0. The number of ether oxygens (including phenoxy) is 4. The second-order valence-corrected chi connectivity index (χ2v) is 8.94. The Morgan fingerprint density at radius 1 is 0.909 bits per heavy atom. The number of hydrogen-bond acceptors (Lipinski definition) is 8. The largest absolute Gasteiger partial charge is 0.454 e. The molecule has 9 nitrogen and oxygen atoms in total. The fourth-order valence-corrected chi connectivity index (χ4v) is 5.20. The van der Waals surface area contributed by atoms with Crippen LogP contribution in [0, 0.1) is 0 Å². The summed E-state index contributed by atoms with van der Waals surface area (Å²) in [5, 5.41) is 6.29. The summed E-state index contributed by atoms with van der Waals surface area (Å²) in [6.45, 7) is 0.327. The molecule has 0 saturated heterocycles. The molecule has 10 heteroatoms. The smallest absolute Gasteiger partial charge is 0.257 e. The summed E-state index contributed by atoms with van der Waals surface area (Å²) in [6, 6.07) is 10.3. The molecule has 6 rings (SSSR count). The zero-order valence-electron chi connectivity index (χ0n) is 17.4. The van der Waals surface area contributed by atoms with Crippen LogP contribution in [-0.2, 0) is 11.2 Å². The van der Waals surface area contributed by atoms with Crippen LogP contribution in [0.5, 0.6) is 23.0 Å². The Bertz CT molecular complexity index is 1270. The zero-order valence-corrected chi connectivity index (χ0v) is 18.2. The van der Waals surface area contributed by atoms with Gasteiger partial charge in [0.1, 0.15) is 0 Å². The van der Waals surface area contributed by atoms with Gasteiger partial charge in [0.25, 0.3) is 5.91 Å². The molecule has 3 aliphatic rings. The molecule has 1 atom stereocenters. The lowest BCUT2D eigenvalue weighted by Gasteiger charge is -2.20. The molecule has 0 fully saturated rings. The summed E-state index contributed by atoms with van der Waals surface area (Å²) in [5.41, 5.74) is 1.82. The fourth-order valence-electron chi connectivity index (χ4n) is 4.14. The molecule has 1 unspecified atom stereocenters. The standard InChI is InChI=1S/C23H19N3O6S/c27-21(12-4-6-15-17(8-12)31-10-29-15)26-23-25-20-14(2-1-3-19(20)33-23)22(28)24-13-5-7-16-18(9-13)32-11-30-16/h4-9,14H,1-3,10-11H2,(H,24,28)(H,25,26,27). The van der Waals surface area contributed by atoms with Crippen LogP contribution in [0.15, 0.2) is 36.4 Å². The van der Waals surface area contributed by atoms with Gasteiger partial charge in [-0.15, -0.1) is 11.3 Å². The number of nitrogens with one attached hydrogen (secondary N) is 2. The highest BCUT2D eigenvalue weighted by molar-refractivity contribution is 7.16. The van der Waals surface area contributed by atoms with E-state index in [-0.39, 0.29) is 31.3 Å². The van der Waals surface area contributed by atoms with Crippen LogP contribution in [0.4, 0.5) is 10.8 Å². The van der Waals surface area contributed by atoms with Crippen LogP contribution in [-0.4, -0.2) is 30.4 Å². The number of aryl methyl sites for hydroxylation is 1. The predicted octanol–water partition coefficient (Wildman–Crippen LogP) is 3.91. The van der Waals surface area contributed by atoms with E-state index in [1.54, 1.807) is 36.4 Å². The van der Waals surface area contributed by atoms with Crippen molar-refractivity contribution in [1.82, 2.24) is 4.98 Å². The first-order valence-electron chi connectivity index (χ1n) is 10.6. The van der Waals surface area contributed by atoms with E-state index in [4.69, 9.17) is 18.9 Å². The topological polar surface area (TPSA) is 108 Å². The summed E-state index contributed by atoms with van der Waals surface area (Å²) in [6.07, 6.45) is 2.41. The van der Waals surface area contributed by atoms with E-state index in [2.05, 4.69) is 15.6 Å². The molecule has 33 heavy (non-hydrogen) atoms. The number of nitrogens with zero attached hydrogens (tertiary/aromatic N) is 1. The number of anilines is 2. The van der Waals surface area contributed by atoms with Crippen molar-refractivity contribution in [2.75, 3.05) is 24.2 Å². The SMILES string of the molecule is O=C(Nc1nc2c(s1)CCCC2C(=O)Nc1ccc2c(c1)OCO2)c1ccc2c(c1)OCO2. The lowest BCUT2D eigenvalue weighted by Crippen LogP contribution is -2.24. The number of fused-ring (bicyclic) bond motifs is 3. The van der Waals surface area contributed by atoms with Gasteiger partial charge in [0.2, 0.25) is 19.5 Å². The Morgan fingerprint density at radius 2 is 1.64 bits per heavy atom. The molecular formula is C23H19N3O6S. The third kappa shape index (κ3) is 3.72. The first kappa shape index (κ1) is 19.9. The summed E-state index contributed by atoms with van der Waals surface area (Å²) in [4.78, 5) is 31.4. The quantitative estimate of drug-likeness (QED) is 0.601. The van der Waals surface area contributed by atoms with Gasteiger partial charge < -0.3 is 24.3 Å². The monoisotopic (exact) mass is 465 g/mol. The molecule has 2 N–H and O–H groups in total. The van der Waals surface area contributed by atoms with E-state index < -0.39 is 0 Å². The lowest BCUT2D eigenvalue weighted by atomic mass is 9.90. The van der Waals surface area contributed by atoms with Crippen LogP contribution in [0.3, 0.4) is 0 Å². The van der Waals surface area contributed by atoms with Gasteiger partial charge in [0.15, 0.2) is 28.1 Å². The molecule has 0 bridgehead atoms. The van der Waals surface area contributed by atoms with Crippen molar-refractivity contribution in [3.8, 4) is 23.0 Å². The lowest BCUT2D eigenvalue weighted by molar-refractivity contribution is -0.117. The minimum atomic E-state index is -0.383. The van der Waals surface area contributed by atoms with Gasteiger partial charge in [-0.3, -0.25) is 14.9 Å². The number of amides is 2. The minimum absolute atomic E-state index is 0.131. The third-order valence-corrected chi connectivity index (χ3v) is 6.81. The van der Waals surface area contributed by atoms with Crippen LogP contribution in [0.1, 0.15) is 39.7 Å². The first-order chi connectivity index (χ1) is 16.1. The van der Waals surface area contributed by atoms with Gasteiger partial charge in [-0.25, -0.2) is 4.98 Å². The van der Waals surface area contributed by atoms with Gasteiger partial charge in [-0.2, -0.15) is 0 Å². The number of hydrogen-bond donors (Lipinski definition) is 2. The first-order valence-corrected chi connectivity index (χ1v) is 11.4. The van der Waals surface area contributed by atoms with Crippen molar-refractivity contribution in [2.45, 2.75) is 25.2 Å². The highest BCUT2D eigenvalue weighted by Gasteiger charge is 2.31. The van der Waals surface area contributed by atoms with Crippen molar-refractivity contribution in [3.05, 3.63) is 52.5 Å². The van der Waals surface area contributed by atoms with E-state index in [9.17, 15) is 9.59 Å². The van der Waals surface area contributed by atoms with E-state index in [1.807, 2.05) is 0 Å². The van der Waals surface area contributed by atoms with Crippen molar-refractivity contribution >= 4 is 34.0 Å². The second kappa shape index (κ2) is 7.96. The van der Waals surface area contributed by atoms with Crippen molar-refractivity contribution in [2.24, 2.45) is 0 Å². The van der Waals surface area contributed by atoms with Crippen molar-refractivity contribution in [3.63, 3.8) is 0 Å². The van der Waals surface area contributed by atoms with Crippen molar-refractivity contribution in [1.29, 1.82) is 0 Å². The summed E-state index contributed by atoms with van der Waals surface area (Å²) >= 11 is 1.41. The average molecular weight is 465 g/mol. The molecule has 0 saturated carbocycles. The molecular weight excluding hydrogens is 446 g/mol. The van der Waals surface area contributed by atoms with E-state index in [1.165, 1.54) is 11.3 Å². The van der Waals surface area contributed by atoms with Gasteiger partial charge in [-0.05, 0) is 49.6 Å². The molecule has 1 aliphatic carbocycles. The average Bonchev–Trinajstić information content (AvgIpc) is 3.56. The Hall–Kier alpha value is -3.79. The molecule has 2 aromatic carbocycles. The second-order valence-electron chi connectivity index (χ2n) is 7.85. The van der Waals surface area contributed by atoms with E-state index in [0.29, 0.717) is 45.8 Å². The highest BCUT2D eigenvalue weighted by atomic mass is 32.1.